The van der Waals surface area contributed by atoms with E-state index in [1.807, 2.05) is 66.7 Å². The third-order valence-corrected chi connectivity index (χ3v) is 7.65. The summed E-state index contributed by atoms with van der Waals surface area (Å²) in [5.41, 5.74) is 2.91. The molecule has 0 aliphatic carbocycles. The van der Waals surface area contributed by atoms with Crippen molar-refractivity contribution in [2.75, 3.05) is 14.2 Å². The van der Waals surface area contributed by atoms with Gasteiger partial charge in [0.2, 0.25) is 17.7 Å². The van der Waals surface area contributed by atoms with Gasteiger partial charge < -0.3 is 9.47 Å². The Morgan fingerprint density at radius 2 is 1.23 bits per heavy atom. The fraction of sp³-hybridized carbons (Fsp3) is 0.235. The van der Waals surface area contributed by atoms with Crippen LogP contribution in [-0.2, 0) is 12.8 Å². The van der Waals surface area contributed by atoms with Crippen molar-refractivity contribution in [2.24, 2.45) is 0 Å². The summed E-state index contributed by atoms with van der Waals surface area (Å²) in [5.74, 6) is 0.314. The number of rotatable bonds is 9. The van der Waals surface area contributed by atoms with Gasteiger partial charge in [-0.3, -0.25) is 23.7 Å². The van der Waals surface area contributed by atoms with Crippen molar-refractivity contribution in [1.29, 1.82) is 0 Å². The van der Waals surface area contributed by atoms with E-state index in [2.05, 4.69) is 0 Å². The smallest absolute Gasteiger partial charge is 0.282 e. The van der Waals surface area contributed by atoms with E-state index in [0.29, 0.717) is 46.5 Å². The number of aromatic nitrogens is 3. The standard InChI is InChI=1S/C34H33N3O6/c1-22-33(29-21-35(23(2)38)30-8-6-5-7-28(29)30)34(41)37(32(40)20-14-25-11-17-27(43-4)18-12-25)36(22)31(39)19-13-24-9-15-26(42-3)16-10-24/h5-12,15-18,21H,13-14,19-20H2,1-4H3. The number of hydrogen-bond donors (Lipinski definition) is 0. The molecule has 0 fully saturated rings. The summed E-state index contributed by atoms with van der Waals surface area (Å²) < 4.78 is 14.1. The van der Waals surface area contributed by atoms with E-state index >= 15 is 0 Å². The number of hydrogen-bond acceptors (Lipinski definition) is 6. The van der Waals surface area contributed by atoms with Crippen molar-refractivity contribution in [3.8, 4) is 22.6 Å². The number of methoxy groups -OCH3 is 2. The third-order valence-electron chi connectivity index (χ3n) is 7.65. The lowest BCUT2D eigenvalue weighted by Gasteiger charge is -2.12. The molecule has 3 aromatic carbocycles. The van der Waals surface area contributed by atoms with Gasteiger partial charge in [0.1, 0.15) is 11.5 Å². The summed E-state index contributed by atoms with van der Waals surface area (Å²) in [6, 6.07) is 22.0. The van der Waals surface area contributed by atoms with Crippen LogP contribution in [0.4, 0.5) is 0 Å². The molecule has 2 aromatic heterocycles. The number of fused-ring (bicyclic) bond motifs is 1. The minimum Gasteiger partial charge on any atom is -0.497 e. The van der Waals surface area contributed by atoms with Crippen molar-refractivity contribution >= 4 is 28.6 Å². The highest BCUT2D eigenvalue weighted by Gasteiger charge is 2.28. The molecular formula is C34H33N3O6. The molecule has 0 atom stereocenters. The summed E-state index contributed by atoms with van der Waals surface area (Å²) in [5, 5.41) is 0.679. The van der Waals surface area contributed by atoms with Gasteiger partial charge in [-0.1, -0.05) is 42.5 Å². The second-order valence-corrected chi connectivity index (χ2v) is 10.3. The number of carbonyl (C=O) groups is 3. The number of nitrogens with zero attached hydrogens (tertiary/aromatic N) is 3. The lowest BCUT2D eigenvalue weighted by molar-refractivity contribution is 0.0777. The van der Waals surface area contributed by atoms with Crippen LogP contribution in [0.3, 0.4) is 0 Å². The molecule has 0 bridgehead atoms. The van der Waals surface area contributed by atoms with Crippen LogP contribution in [0.25, 0.3) is 22.0 Å². The highest BCUT2D eigenvalue weighted by molar-refractivity contribution is 6.02. The molecule has 0 unspecified atom stereocenters. The first-order valence-electron chi connectivity index (χ1n) is 14.0. The minimum atomic E-state index is -0.596. The summed E-state index contributed by atoms with van der Waals surface area (Å²) in [4.78, 5) is 54.0. The number of benzene rings is 3. The first kappa shape index (κ1) is 29.3. The maximum Gasteiger partial charge on any atom is 0.282 e. The van der Waals surface area contributed by atoms with Crippen molar-refractivity contribution in [3.05, 3.63) is 106 Å². The van der Waals surface area contributed by atoms with Gasteiger partial charge in [0.05, 0.1) is 31.0 Å². The topological polar surface area (TPSA) is 102 Å². The Morgan fingerprint density at radius 1 is 0.721 bits per heavy atom. The van der Waals surface area contributed by atoms with Crippen LogP contribution in [0.2, 0.25) is 0 Å². The van der Waals surface area contributed by atoms with Gasteiger partial charge >= 0.3 is 0 Å². The zero-order chi connectivity index (χ0) is 30.7. The van der Waals surface area contributed by atoms with Gasteiger partial charge in [-0.2, -0.15) is 4.68 Å². The Hall–Kier alpha value is -5.18. The Morgan fingerprint density at radius 3 is 1.74 bits per heavy atom. The zero-order valence-electron chi connectivity index (χ0n) is 24.6. The molecule has 43 heavy (non-hydrogen) atoms. The highest BCUT2D eigenvalue weighted by atomic mass is 16.5. The number of aryl methyl sites for hydroxylation is 2. The normalized spacial score (nSPS) is 11.1. The van der Waals surface area contributed by atoms with Gasteiger partial charge in [0, 0.05) is 36.9 Å². The molecule has 0 radical (unpaired) electrons. The number of ether oxygens (including phenoxy) is 2. The molecule has 9 nitrogen and oxygen atoms in total. The SMILES string of the molecule is COc1ccc(CCC(=O)n2c(C)c(-c3cn(C(C)=O)c4ccccc34)c(=O)n2C(=O)CCc2ccc(OC)cc2)cc1. The molecular weight excluding hydrogens is 546 g/mol. The largest absolute Gasteiger partial charge is 0.497 e. The van der Waals surface area contributed by atoms with E-state index in [1.165, 1.54) is 16.2 Å². The third kappa shape index (κ3) is 5.79. The van der Waals surface area contributed by atoms with Crippen molar-refractivity contribution < 1.29 is 23.9 Å². The van der Waals surface area contributed by atoms with Crippen LogP contribution in [0.1, 0.15) is 51.0 Å². The molecule has 0 aliphatic heterocycles. The van der Waals surface area contributed by atoms with E-state index in [0.717, 1.165) is 15.8 Å². The molecule has 9 heteroatoms. The van der Waals surface area contributed by atoms with Crippen LogP contribution in [0, 0.1) is 6.92 Å². The van der Waals surface area contributed by atoms with Crippen LogP contribution < -0.4 is 15.0 Å². The molecule has 5 aromatic rings. The Kier molecular flexibility index (Phi) is 8.43. The molecule has 0 saturated carbocycles. The van der Waals surface area contributed by atoms with Gasteiger partial charge in [0.25, 0.3) is 5.56 Å². The Bertz CT molecular complexity index is 1870. The molecule has 0 saturated heterocycles. The van der Waals surface area contributed by atoms with Crippen molar-refractivity contribution in [1.82, 2.24) is 13.9 Å². The molecule has 5 rings (SSSR count). The summed E-state index contributed by atoms with van der Waals surface area (Å²) in [6.07, 6.45) is 2.47. The summed E-state index contributed by atoms with van der Waals surface area (Å²) in [6.45, 7) is 3.10. The van der Waals surface area contributed by atoms with Crippen molar-refractivity contribution in [2.45, 2.75) is 39.5 Å². The van der Waals surface area contributed by atoms with Crippen LogP contribution in [-0.4, -0.2) is 45.9 Å². The maximum atomic E-state index is 14.1. The second-order valence-electron chi connectivity index (χ2n) is 10.3. The van der Waals surface area contributed by atoms with Crippen LogP contribution in [0.15, 0.2) is 83.8 Å². The van der Waals surface area contributed by atoms with Gasteiger partial charge in [-0.25, -0.2) is 4.68 Å². The Balaban J connectivity index is 1.56. The Labute approximate surface area is 248 Å². The first-order valence-corrected chi connectivity index (χ1v) is 14.0. The van der Waals surface area contributed by atoms with E-state index < -0.39 is 11.5 Å². The van der Waals surface area contributed by atoms with E-state index in [-0.39, 0.29) is 30.2 Å². The highest BCUT2D eigenvalue weighted by Crippen LogP contribution is 2.31. The number of carbonyl (C=O) groups excluding carboxylic acids is 3. The molecule has 220 valence electrons. The van der Waals surface area contributed by atoms with Gasteiger partial charge in [-0.05, 0) is 61.2 Å². The zero-order valence-corrected chi connectivity index (χ0v) is 24.6. The molecule has 0 N–H and O–H groups in total. The fourth-order valence-corrected chi connectivity index (χ4v) is 5.38. The monoisotopic (exact) mass is 579 g/mol. The summed E-state index contributed by atoms with van der Waals surface area (Å²) in [7, 11) is 3.17. The molecule has 0 spiro atoms. The molecule has 2 heterocycles. The van der Waals surface area contributed by atoms with Crippen molar-refractivity contribution in [3.63, 3.8) is 0 Å². The predicted octanol–water partition coefficient (Wildman–Crippen LogP) is 5.80. The second kappa shape index (κ2) is 12.4. The average Bonchev–Trinajstić information content (AvgIpc) is 3.53. The molecule has 0 aliphatic rings. The van der Waals surface area contributed by atoms with Crippen LogP contribution >= 0.6 is 0 Å². The van der Waals surface area contributed by atoms with Crippen LogP contribution in [0.5, 0.6) is 11.5 Å². The average molecular weight is 580 g/mol. The fourth-order valence-electron chi connectivity index (χ4n) is 5.38. The summed E-state index contributed by atoms with van der Waals surface area (Å²) >= 11 is 0. The maximum absolute atomic E-state index is 14.1. The van der Waals surface area contributed by atoms with Gasteiger partial charge in [0.15, 0.2) is 0 Å². The van der Waals surface area contributed by atoms with E-state index in [4.69, 9.17) is 9.47 Å². The molecule has 0 amide bonds. The minimum absolute atomic E-state index is 0.0100. The quantitative estimate of drug-likeness (QED) is 0.219. The lowest BCUT2D eigenvalue weighted by atomic mass is 10.1. The predicted molar refractivity (Wildman–Crippen MR) is 165 cm³/mol. The van der Waals surface area contributed by atoms with Gasteiger partial charge in [-0.15, -0.1) is 0 Å². The van der Waals surface area contributed by atoms with E-state index in [9.17, 15) is 19.2 Å². The van der Waals surface area contributed by atoms with E-state index in [1.54, 1.807) is 33.4 Å². The first-order chi connectivity index (χ1) is 20.7. The lowest BCUT2D eigenvalue weighted by Crippen LogP contribution is -2.34. The number of para-hydroxylation sites is 1.